The van der Waals surface area contributed by atoms with Crippen molar-refractivity contribution in [3.05, 3.63) is 81.9 Å². The van der Waals surface area contributed by atoms with Gasteiger partial charge in [0.2, 0.25) is 0 Å². The maximum atomic E-state index is 2.68. The minimum atomic E-state index is -2.37. The molecule has 1 saturated heterocycles. The van der Waals surface area contributed by atoms with E-state index in [4.69, 9.17) is 0 Å². The van der Waals surface area contributed by atoms with Crippen LogP contribution >= 0.6 is 0 Å². The van der Waals surface area contributed by atoms with Gasteiger partial charge in [0.15, 0.2) is 0 Å². The van der Waals surface area contributed by atoms with Crippen LogP contribution in [-0.4, -0.2) is 0 Å². The Bertz CT molecular complexity index is 784. The fourth-order valence-corrected chi connectivity index (χ4v) is 16.9. The van der Waals surface area contributed by atoms with Gasteiger partial charge in [0.25, 0.3) is 0 Å². The van der Waals surface area contributed by atoms with Crippen LogP contribution in [0.3, 0.4) is 0 Å². The van der Waals surface area contributed by atoms with Crippen molar-refractivity contribution in [1.29, 1.82) is 0 Å². The van der Waals surface area contributed by atoms with Crippen LogP contribution in [0.25, 0.3) is 12.2 Å². The number of benzene rings is 2. The predicted octanol–water partition coefficient (Wildman–Crippen LogP) is 5.92. The fourth-order valence-electron chi connectivity index (χ4n) is 5.24. The van der Waals surface area contributed by atoms with Crippen LogP contribution < -0.4 is 0 Å². The van der Waals surface area contributed by atoms with Crippen molar-refractivity contribution < 1.29 is 20.3 Å². The van der Waals surface area contributed by atoms with E-state index in [1.165, 1.54) is 17.5 Å². The summed E-state index contributed by atoms with van der Waals surface area (Å²) < 4.78 is 6.90. The van der Waals surface area contributed by atoms with Crippen LogP contribution in [0.5, 0.6) is 0 Å². The molecule has 0 N–H and O–H groups in total. The molecule has 108 valence electrons. The molecule has 0 bridgehead atoms. The summed E-state index contributed by atoms with van der Waals surface area (Å²) in [4.78, 5) is 0. The molecule has 0 amide bonds. The van der Waals surface area contributed by atoms with Crippen molar-refractivity contribution in [2.24, 2.45) is 0 Å². The van der Waals surface area contributed by atoms with Gasteiger partial charge in [-0.1, -0.05) is 0 Å². The first-order valence-corrected chi connectivity index (χ1v) is 16.0. The molecule has 2 aromatic rings. The van der Waals surface area contributed by atoms with Crippen molar-refractivity contribution in [2.45, 2.75) is 22.9 Å². The van der Waals surface area contributed by atoms with Crippen LogP contribution in [-0.2, 0) is 20.3 Å². The second-order valence-electron chi connectivity index (χ2n) is 7.56. The van der Waals surface area contributed by atoms with Crippen LogP contribution in [0.2, 0.25) is 9.26 Å². The Labute approximate surface area is 137 Å². The average molecular weight is 364 g/mol. The monoisotopic (exact) mass is 362 g/mol. The molecular formula is C21H20Zr. The van der Waals surface area contributed by atoms with Gasteiger partial charge >= 0.3 is 137 Å². The molecule has 5 rings (SSSR count). The van der Waals surface area contributed by atoms with Crippen LogP contribution in [0, 0.1) is 0 Å². The summed E-state index contributed by atoms with van der Waals surface area (Å²) in [6.07, 6.45) is 6.19. The molecule has 0 nitrogen and oxygen atoms in total. The first-order valence-electron chi connectivity index (χ1n) is 8.25. The van der Waals surface area contributed by atoms with E-state index in [0.717, 1.165) is 7.25 Å². The molecule has 2 aromatic carbocycles. The maximum absolute atomic E-state index is 2.68. The zero-order chi connectivity index (χ0) is 14.9. The summed E-state index contributed by atoms with van der Waals surface area (Å²) in [6, 6.07) is 18.2. The van der Waals surface area contributed by atoms with Gasteiger partial charge in [0.05, 0.1) is 0 Å². The van der Waals surface area contributed by atoms with Gasteiger partial charge < -0.3 is 0 Å². The Hall–Kier alpha value is -1.20. The van der Waals surface area contributed by atoms with Gasteiger partial charge in [0, 0.05) is 0 Å². The standard InChI is InChI=1S/C19H14.2CH3.Zr/c1-2-6-17-11-14(10-16(17)5-1)9-15-12-18-7-3-4-8-19(18)13-15;;;/h1-8,10-13H,9H2;2*1H3;. The molecule has 0 saturated carbocycles. The van der Waals surface area contributed by atoms with Crippen molar-refractivity contribution in [3.63, 3.8) is 0 Å². The Morgan fingerprint density at radius 3 is 1.68 bits per heavy atom. The topological polar surface area (TPSA) is 0 Å². The summed E-state index contributed by atoms with van der Waals surface area (Å²) in [7, 11) is 0. The van der Waals surface area contributed by atoms with E-state index >= 15 is 0 Å². The Morgan fingerprint density at radius 2 is 1.18 bits per heavy atom. The van der Waals surface area contributed by atoms with Crippen molar-refractivity contribution >= 4 is 12.2 Å². The average Bonchev–Trinajstić information content (AvgIpc) is 3.05. The first kappa shape index (κ1) is 13.3. The van der Waals surface area contributed by atoms with Gasteiger partial charge in [-0.05, 0) is 0 Å². The fraction of sp³-hybridized carbons (Fsp3) is 0.238. The first-order chi connectivity index (χ1) is 10.7. The van der Waals surface area contributed by atoms with E-state index in [1.54, 1.807) is 22.3 Å². The molecule has 1 heterocycles. The van der Waals surface area contributed by atoms with E-state index in [2.05, 4.69) is 69.9 Å². The molecule has 2 aliphatic carbocycles. The summed E-state index contributed by atoms with van der Waals surface area (Å²) in [5, 5.41) is 0. The third kappa shape index (κ3) is 1.61. The second-order valence-corrected chi connectivity index (χ2v) is 19.4. The van der Waals surface area contributed by atoms with Gasteiger partial charge in [-0.3, -0.25) is 0 Å². The zero-order valence-electron chi connectivity index (χ0n) is 13.1. The van der Waals surface area contributed by atoms with Crippen molar-refractivity contribution in [3.8, 4) is 0 Å². The normalized spacial score (nSPS) is 26.5. The number of hydrogen-bond acceptors (Lipinski definition) is 0. The van der Waals surface area contributed by atoms with Gasteiger partial charge in [-0.25, -0.2) is 0 Å². The van der Waals surface area contributed by atoms with Gasteiger partial charge in [-0.2, -0.15) is 0 Å². The van der Waals surface area contributed by atoms with E-state index in [0.29, 0.717) is 0 Å². The number of rotatable bonds is 0. The SMILES string of the molecule is [CH3][Zr]1([CH3])[CH]2C(=Cc3ccccc32)CC2=Cc3ccccc3[CH]21. The third-order valence-corrected chi connectivity index (χ3v) is 16.6. The van der Waals surface area contributed by atoms with Crippen LogP contribution in [0.15, 0.2) is 59.7 Å². The Morgan fingerprint density at radius 1 is 0.727 bits per heavy atom. The Balaban J connectivity index is 1.72. The van der Waals surface area contributed by atoms with E-state index < -0.39 is 20.3 Å². The van der Waals surface area contributed by atoms with Crippen molar-refractivity contribution in [2.75, 3.05) is 0 Å². The molecule has 2 unspecified atom stereocenters. The third-order valence-electron chi connectivity index (χ3n) is 5.93. The van der Waals surface area contributed by atoms with Crippen molar-refractivity contribution in [1.82, 2.24) is 0 Å². The number of fused-ring (bicyclic) bond motifs is 6. The molecule has 1 heteroatoms. The van der Waals surface area contributed by atoms with E-state index in [9.17, 15) is 0 Å². The summed E-state index contributed by atoms with van der Waals surface area (Å²) >= 11 is -2.37. The van der Waals surface area contributed by atoms with Crippen LogP contribution in [0.1, 0.15) is 35.9 Å². The van der Waals surface area contributed by atoms with E-state index in [1.807, 2.05) is 0 Å². The van der Waals surface area contributed by atoms with E-state index in [-0.39, 0.29) is 0 Å². The zero-order valence-corrected chi connectivity index (χ0v) is 15.6. The number of allylic oxidation sites excluding steroid dienone is 2. The molecule has 3 aliphatic rings. The Kier molecular flexibility index (Phi) is 2.66. The molecule has 0 radical (unpaired) electrons. The molecule has 22 heavy (non-hydrogen) atoms. The quantitative estimate of drug-likeness (QED) is 0.545. The van der Waals surface area contributed by atoms with Gasteiger partial charge in [0.1, 0.15) is 0 Å². The number of hydrogen-bond donors (Lipinski definition) is 0. The predicted molar refractivity (Wildman–Crippen MR) is 90.7 cm³/mol. The molecule has 1 fully saturated rings. The molecule has 0 aromatic heterocycles. The second kappa shape index (κ2) is 4.42. The molecule has 0 spiro atoms. The molecular weight excluding hydrogens is 343 g/mol. The van der Waals surface area contributed by atoms with Gasteiger partial charge in [-0.15, -0.1) is 0 Å². The molecule has 2 atom stereocenters. The van der Waals surface area contributed by atoms with Crippen LogP contribution in [0.4, 0.5) is 0 Å². The minimum absolute atomic E-state index is 0.777. The summed E-state index contributed by atoms with van der Waals surface area (Å²) in [5.41, 5.74) is 9.64. The molecule has 1 aliphatic heterocycles. The summed E-state index contributed by atoms with van der Waals surface area (Å²) in [5.74, 6) is 0. The summed E-state index contributed by atoms with van der Waals surface area (Å²) in [6.45, 7) is 0.